The molecular weight excluding hydrogens is 236 g/mol. The first kappa shape index (κ1) is 15.7. The Hall–Kier alpha value is -1.31. The number of para-hydroxylation sites is 1. The molecule has 0 aliphatic rings. The van der Waals surface area contributed by atoms with E-state index in [2.05, 4.69) is 41.5 Å². The molecule has 0 spiro atoms. The fourth-order valence-electron chi connectivity index (χ4n) is 2.74. The minimum atomic E-state index is -0.152. The molecule has 2 heteroatoms. The maximum absolute atomic E-state index is 12.1. The minimum Gasteiger partial charge on any atom is -0.427 e. The van der Waals surface area contributed by atoms with Crippen molar-refractivity contribution < 1.29 is 9.53 Å². The molecule has 0 aromatic heterocycles. The third-order valence-corrected chi connectivity index (χ3v) is 3.44. The average Bonchev–Trinajstić information content (AvgIpc) is 2.24. The lowest BCUT2D eigenvalue weighted by atomic mass is 9.65. The molecule has 0 fully saturated rings. The molecule has 0 radical (unpaired) electrons. The molecule has 0 heterocycles. The molecular formula is C17H26O2. The first-order valence-electron chi connectivity index (χ1n) is 6.86. The van der Waals surface area contributed by atoms with Gasteiger partial charge in [0, 0.05) is 6.42 Å². The standard InChI is InChI=1S/C17H26O2/c1-16(2,3)14(17(4,5)6)12-15(18)19-13-10-8-7-9-11-13/h7-11,14H,12H2,1-6H3. The number of benzene rings is 1. The van der Waals surface area contributed by atoms with Crippen LogP contribution in [0.1, 0.15) is 48.0 Å². The molecule has 0 unspecified atom stereocenters. The van der Waals surface area contributed by atoms with E-state index in [4.69, 9.17) is 4.74 Å². The number of carbonyl (C=O) groups excluding carboxylic acids is 1. The number of hydrogen-bond donors (Lipinski definition) is 0. The summed E-state index contributed by atoms with van der Waals surface area (Å²) < 4.78 is 5.40. The van der Waals surface area contributed by atoms with Crippen LogP contribution >= 0.6 is 0 Å². The monoisotopic (exact) mass is 262 g/mol. The van der Waals surface area contributed by atoms with E-state index in [1.807, 2.05) is 18.2 Å². The van der Waals surface area contributed by atoms with Gasteiger partial charge in [-0.25, -0.2) is 0 Å². The number of hydrogen-bond acceptors (Lipinski definition) is 2. The van der Waals surface area contributed by atoms with Crippen molar-refractivity contribution in [2.45, 2.75) is 48.0 Å². The summed E-state index contributed by atoms with van der Waals surface area (Å²) in [5.74, 6) is 0.742. The van der Waals surface area contributed by atoms with Gasteiger partial charge in [0.15, 0.2) is 0 Å². The van der Waals surface area contributed by atoms with Gasteiger partial charge in [-0.05, 0) is 28.9 Å². The van der Waals surface area contributed by atoms with Gasteiger partial charge in [0.25, 0.3) is 0 Å². The molecule has 0 atom stereocenters. The zero-order valence-corrected chi connectivity index (χ0v) is 13.0. The van der Waals surface area contributed by atoms with Gasteiger partial charge in [-0.2, -0.15) is 0 Å². The fraction of sp³-hybridized carbons (Fsp3) is 0.588. The Morgan fingerprint density at radius 2 is 1.47 bits per heavy atom. The van der Waals surface area contributed by atoms with Crippen molar-refractivity contribution in [3.8, 4) is 5.75 Å². The molecule has 1 rings (SSSR count). The molecule has 0 bridgehead atoms. The molecule has 106 valence electrons. The number of rotatable bonds is 3. The first-order chi connectivity index (χ1) is 8.60. The minimum absolute atomic E-state index is 0.0773. The van der Waals surface area contributed by atoms with E-state index >= 15 is 0 Å². The third-order valence-electron chi connectivity index (χ3n) is 3.44. The smallest absolute Gasteiger partial charge is 0.311 e. The van der Waals surface area contributed by atoms with E-state index in [1.165, 1.54) is 0 Å². The van der Waals surface area contributed by atoms with Gasteiger partial charge in [0.2, 0.25) is 0 Å². The van der Waals surface area contributed by atoms with E-state index in [9.17, 15) is 4.79 Å². The number of esters is 1. The molecule has 0 N–H and O–H groups in total. The van der Waals surface area contributed by atoms with Crippen molar-refractivity contribution in [3.05, 3.63) is 30.3 Å². The van der Waals surface area contributed by atoms with Crippen molar-refractivity contribution in [2.24, 2.45) is 16.7 Å². The molecule has 0 saturated carbocycles. The van der Waals surface area contributed by atoms with Gasteiger partial charge >= 0.3 is 5.97 Å². The van der Waals surface area contributed by atoms with Crippen LogP contribution in [-0.4, -0.2) is 5.97 Å². The van der Waals surface area contributed by atoms with Gasteiger partial charge in [-0.1, -0.05) is 59.7 Å². The zero-order chi connectivity index (χ0) is 14.7. The Bertz CT molecular complexity index is 393. The zero-order valence-electron chi connectivity index (χ0n) is 13.0. The van der Waals surface area contributed by atoms with Crippen molar-refractivity contribution >= 4 is 5.97 Å². The second-order valence-corrected chi connectivity index (χ2v) is 7.28. The summed E-state index contributed by atoms with van der Waals surface area (Å²) in [7, 11) is 0. The average molecular weight is 262 g/mol. The molecule has 1 aromatic rings. The molecule has 2 nitrogen and oxygen atoms in total. The van der Waals surface area contributed by atoms with Crippen LogP contribution < -0.4 is 4.74 Å². The lowest BCUT2D eigenvalue weighted by Crippen LogP contribution is -2.35. The molecule has 1 aromatic carbocycles. The first-order valence-corrected chi connectivity index (χ1v) is 6.86. The summed E-state index contributed by atoms with van der Waals surface area (Å²) >= 11 is 0. The van der Waals surface area contributed by atoms with Gasteiger partial charge in [0.05, 0.1) is 0 Å². The maximum atomic E-state index is 12.1. The van der Waals surface area contributed by atoms with Crippen LogP contribution in [0.4, 0.5) is 0 Å². The molecule has 0 aliphatic heterocycles. The molecule has 19 heavy (non-hydrogen) atoms. The van der Waals surface area contributed by atoms with Crippen LogP contribution in [0.5, 0.6) is 5.75 Å². The Kier molecular flexibility index (Phi) is 4.78. The lowest BCUT2D eigenvalue weighted by Gasteiger charge is -2.40. The van der Waals surface area contributed by atoms with Crippen molar-refractivity contribution in [1.82, 2.24) is 0 Å². The molecule has 0 saturated heterocycles. The lowest BCUT2D eigenvalue weighted by molar-refractivity contribution is -0.138. The summed E-state index contributed by atoms with van der Waals surface area (Å²) in [4.78, 5) is 12.1. The number of ether oxygens (including phenoxy) is 1. The van der Waals surface area contributed by atoms with Crippen LogP contribution in [0, 0.1) is 16.7 Å². The maximum Gasteiger partial charge on any atom is 0.311 e. The van der Waals surface area contributed by atoms with Gasteiger partial charge in [-0.15, -0.1) is 0 Å². The van der Waals surface area contributed by atoms with E-state index in [-0.39, 0.29) is 22.7 Å². The Morgan fingerprint density at radius 3 is 1.89 bits per heavy atom. The van der Waals surface area contributed by atoms with Crippen LogP contribution in [0.25, 0.3) is 0 Å². The van der Waals surface area contributed by atoms with E-state index in [0.29, 0.717) is 12.2 Å². The Balaban J connectivity index is 2.73. The van der Waals surface area contributed by atoms with Gasteiger partial charge in [0.1, 0.15) is 5.75 Å². The highest BCUT2D eigenvalue weighted by Crippen LogP contribution is 2.42. The van der Waals surface area contributed by atoms with Crippen LogP contribution in [0.3, 0.4) is 0 Å². The second kappa shape index (κ2) is 5.77. The third kappa shape index (κ3) is 5.06. The normalized spacial score (nSPS) is 12.6. The van der Waals surface area contributed by atoms with Crippen molar-refractivity contribution in [1.29, 1.82) is 0 Å². The second-order valence-electron chi connectivity index (χ2n) is 7.28. The topological polar surface area (TPSA) is 26.3 Å². The van der Waals surface area contributed by atoms with E-state index in [0.717, 1.165) is 0 Å². The Labute approximate surface area is 117 Å². The highest BCUT2D eigenvalue weighted by atomic mass is 16.5. The summed E-state index contributed by atoms with van der Waals surface area (Å²) in [6, 6.07) is 9.26. The van der Waals surface area contributed by atoms with Crippen LogP contribution in [0.15, 0.2) is 30.3 Å². The predicted octanol–water partition coefficient (Wildman–Crippen LogP) is 4.69. The fourth-order valence-corrected chi connectivity index (χ4v) is 2.74. The Morgan fingerprint density at radius 1 is 1.00 bits per heavy atom. The molecule has 0 amide bonds. The van der Waals surface area contributed by atoms with Crippen LogP contribution in [-0.2, 0) is 4.79 Å². The van der Waals surface area contributed by atoms with E-state index < -0.39 is 0 Å². The summed E-state index contributed by atoms with van der Waals surface area (Å²) in [6.45, 7) is 13.1. The highest BCUT2D eigenvalue weighted by molar-refractivity contribution is 5.72. The van der Waals surface area contributed by atoms with E-state index in [1.54, 1.807) is 12.1 Å². The summed E-state index contributed by atoms with van der Waals surface area (Å²) in [6.07, 6.45) is 0.446. The van der Waals surface area contributed by atoms with Crippen molar-refractivity contribution in [2.75, 3.05) is 0 Å². The highest BCUT2D eigenvalue weighted by Gasteiger charge is 2.36. The number of carbonyl (C=O) groups is 1. The quantitative estimate of drug-likeness (QED) is 0.583. The molecule has 0 aliphatic carbocycles. The van der Waals surface area contributed by atoms with Gasteiger partial charge in [-0.3, -0.25) is 4.79 Å². The summed E-state index contributed by atoms with van der Waals surface area (Å²) in [5, 5.41) is 0. The van der Waals surface area contributed by atoms with Gasteiger partial charge < -0.3 is 4.74 Å². The van der Waals surface area contributed by atoms with Crippen LogP contribution in [0.2, 0.25) is 0 Å². The predicted molar refractivity (Wildman–Crippen MR) is 79.1 cm³/mol. The van der Waals surface area contributed by atoms with Crippen molar-refractivity contribution in [3.63, 3.8) is 0 Å². The SMILES string of the molecule is CC(C)(C)C(CC(=O)Oc1ccccc1)C(C)(C)C. The summed E-state index contributed by atoms with van der Waals surface area (Å²) in [5.41, 5.74) is 0.155. The largest absolute Gasteiger partial charge is 0.427 e.